The van der Waals surface area contributed by atoms with Gasteiger partial charge < -0.3 is 4.74 Å². The number of aryl methyl sites for hydroxylation is 2. The molecular weight excluding hydrogens is 236 g/mol. The van der Waals surface area contributed by atoms with Crippen LogP contribution in [0.1, 0.15) is 37.8 Å². The summed E-state index contributed by atoms with van der Waals surface area (Å²) in [5, 5.41) is 12.2. The molecular formula is C16H22N2O. The predicted octanol–water partition coefficient (Wildman–Crippen LogP) is 2.83. The fourth-order valence-electron chi connectivity index (χ4n) is 2.52. The van der Waals surface area contributed by atoms with Gasteiger partial charge >= 0.3 is 0 Å². The van der Waals surface area contributed by atoms with E-state index < -0.39 is 0 Å². The summed E-state index contributed by atoms with van der Waals surface area (Å²) in [5.41, 5.74) is 2.89. The van der Waals surface area contributed by atoms with Gasteiger partial charge in [-0.05, 0) is 56.4 Å². The first-order chi connectivity index (χ1) is 9.19. The molecule has 1 unspecified atom stereocenters. The minimum absolute atomic E-state index is 0.130. The van der Waals surface area contributed by atoms with Crippen molar-refractivity contribution in [3.63, 3.8) is 0 Å². The number of ether oxygens (including phenoxy) is 1. The minimum atomic E-state index is -0.130. The van der Waals surface area contributed by atoms with Crippen molar-refractivity contribution < 1.29 is 4.74 Å². The van der Waals surface area contributed by atoms with Crippen LogP contribution in [-0.2, 0) is 12.8 Å². The largest absolute Gasteiger partial charge is 0.493 e. The Morgan fingerprint density at radius 2 is 2.11 bits per heavy atom. The summed E-state index contributed by atoms with van der Waals surface area (Å²) in [6.07, 6.45) is 4.34. The van der Waals surface area contributed by atoms with E-state index in [1.807, 2.05) is 19.9 Å². The van der Waals surface area contributed by atoms with Gasteiger partial charge in [0, 0.05) is 12.5 Å². The van der Waals surface area contributed by atoms with Crippen LogP contribution in [0.15, 0.2) is 18.2 Å². The first-order valence-corrected chi connectivity index (χ1v) is 7.09. The first kappa shape index (κ1) is 13.9. The average molecular weight is 258 g/mol. The Morgan fingerprint density at radius 1 is 1.32 bits per heavy atom. The number of hydrogen-bond acceptors (Lipinski definition) is 3. The smallest absolute Gasteiger partial charge is 0.119 e. The molecule has 1 aromatic rings. The molecule has 2 rings (SSSR count). The zero-order valence-corrected chi connectivity index (χ0v) is 11.8. The van der Waals surface area contributed by atoms with Crippen molar-refractivity contribution in [2.24, 2.45) is 0 Å². The molecule has 0 radical (unpaired) electrons. The van der Waals surface area contributed by atoms with Gasteiger partial charge in [-0.25, -0.2) is 0 Å². The molecule has 1 aromatic carbocycles. The van der Waals surface area contributed by atoms with Gasteiger partial charge in [-0.3, -0.25) is 5.32 Å². The van der Waals surface area contributed by atoms with Crippen LogP contribution >= 0.6 is 0 Å². The van der Waals surface area contributed by atoms with Crippen LogP contribution in [0.5, 0.6) is 5.75 Å². The number of nitrogens with zero attached hydrogens (tertiary/aromatic N) is 1. The number of hydrogen-bond donors (Lipinski definition) is 1. The van der Waals surface area contributed by atoms with Gasteiger partial charge in [0.2, 0.25) is 0 Å². The second kappa shape index (κ2) is 6.58. The number of rotatable bonds is 6. The summed E-state index contributed by atoms with van der Waals surface area (Å²) in [7, 11) is 0. The van der Waals surface area contributed by atoms with E-state index in [2.05, 4.69) is 23.5 Å². The van der Waals surface area contributed by atoms with Gasteiger partial charge in [-0.2, -0.15) is 5.26 Å². The lowest BCUT2D eigenvalue weighted by molar-refractivity contribution is 0.294. The van der Waals surface area contributed by atoms with E-state index in [-0.39, 0.29) is 6.04 Å². The Labute approximate surface area is 115 Å². The van der Waals surface area contributed by atoms with Crippen LogP contribution in [0, 0.1) is 11.3 Å². The molecule has 0 amide bonds. The van der Waals surface area contributed by atoms with E-state index in [1.165, 1.54) is 30.4 Å². The van der Waals surface area contributed by atoms with Crippen molar-refractivity contribution in [2.45, 2.75) is 51.6 Å². The first-order valence-electron chi connectivity index (χ1n) is 7.09. The highest BCUT2D eigenvalue weighted by atomic mass is 16.5. The number of nitrogens with one attached hydrogen (secondary N) is 1. The average Bonchev–Trinajstić information content (AvgIpc) is 2.84. The highest BCUT2D eigenvalue weighted by Crippen LogP contribution is 2.26. The van der Waals surface area contributed by atoms with Crippen LogP contribution < -0.4 is 10.1 Å². The Hall–Kier alpha value is -1.53. The summed E-state index contributed by atoms with van der Waals surface area (Å²) in [6, 6.07) is 8.83. The molecule has 19 heavy (non-hydrogen) atoms. The van der Waals surface area contributed by atoms with Gasteiger partial charge in [0.1, 0.15) is 5.75 Å². The Bertz CT molecular complexity index is 462. The van der Waals surface area contributed by atoms with E-state index in [1.54, 1.807) is 0 Å². The molecule has 1 N–H and O–H groups in total. The zero-order valence-electron chi connectivity index (χ0n) is 11.8. The van der Waals surface area contributed by atoms with E-state index in [9.17, 15) is 0 Å². The maximum atomic E-state index is 9.03. The number of benzene rings is 1. The standard InChI is InChI=1S/C16H22N2O/c1-12(2)18-15(11-17)8-9-19-16-7-6-13-4-3-5-14(13)10-16/h6-7,10,12,15,18H,3-5,8-9H2,1-2H3. The summed E-state index contributed by atoms with van der Waals surface area (Å²) in [6.45, 7) is 4.67. The molecule has 0 aromatic heterocycles. The maximum absolute atomic E-state index is 9.03. The fourth-order valence-corrected chi connectivity index (χ4v) is 2.52. The molecule has 102 valence electrons. The maximum Gasteiger partial charge on any atom is 0.119 e. The summed E-state index contributed by atoms with van der Waals surface area (Å²) in [4.78, 5) is 0. The predicted molar refractivity (Wildman–Crippen MR) is 76.3 cm³/mol. The van der Waals surface area contributed by atoms with Crippen molar-refractivity contribution in [2.75, 3.05) is 6.61 Å². The summed E-state index contributed by atoms with van der Waals surface area (Å²) in [5.74, 6) is 0.932. The van der Waals surface area contributed by atoms with Crippen molar-refractivity contribution in [1.82, 2.24) is 5.32 Å². The van der Waals surface area contributed by atoms with Gasteiger partial charge in [-0.1, -0.05) is 6.07 Å². The summed E-state index contributed by atoms with van der Waals surface area (Å²) < 4.78 is 5.75. The van der Waals surface area contributed by atoms with Crippen molar-refractivity contribution in [1.29, 1.82) is 5.26 Å². The van der Waals surface area contributed by atoms with E-state index in [0.717, 1.165) is 5.75 Å². The normalized spacial score (nSPS) is 15.1. The molecule has 1 aliphatic carbocycles. The zero-order chi connectivity index (χ0) is 13.7. The van der Waals surface area contributed by atoms with E-state index >= 15 is 0 Å². The lowest BCUT2D eigenvalue weighted by Gasteiger charge is -2.15. The molecule has 0 saturated heterocycles. The quantitative estimate of drug-likeness (QED) is 0.853. The number of nitriles is 1. The van der Waals surface area contributed by atoms with E-state index in [4.69, 9.17) is 10.00 Å². The second-order valence-corrected chi connectivity index (χ2v) is 5.42. The molecule has 3 nitrogen and oxygen atoms in total. The summed E-state index contributed by atoms with van der Waals surface area (Å²) >= 11 is 0. The third kappa shape index (κ3) is 3.97. The molecule has 0 saturated carbocycles. The minimum Gasteiger partial charge on any atom is -0.493 e. The highest BCUT2D eigenvalue weighted by molar-refractivity contribution is 5.38. The van der Waals surface area contributed by atoms with Crippen molar-refractivity contribution in [3.05, 3.63) is 29.3 Å². The van der Waals surface area contributed by atoms with Gasteiger partial charge in [-0.15, -0.1) is 0 Å². The highest BCUT2D eigenvalue weighted by Gasteiger charge is 2.12. The van der Waals surface area contributed by atoms with Crippen molar-refractivity contribution in [3.8, 4) is 11.8 Å². The lowest BCUT2D eigenvalue weighted by Crippen LogP contribution is -2.34. The molecule has 0 aliphatic heterocycles. The number of fused-ring (bicyclic) bond motifs is 1. The molecule has 3 heteroatoms. The lowest BCUT2D eigenvalue weighted by atomic mass is 10.1. The Morgan fingerprint density at radius 3 is 2.84 bits per heavy atom. The fraction of sp³-hybridized carbons (Fsp3) is 0.562. The molecule has 0 spiro atoms. The van der Waals surface area contributed by atoms with Crippen molar-refractivity contribution >= 4 is 0 Å². The monoisotopic (exact) mass is 258 g/mol. The third-order valence-electron chi connectivity index (χ3n) is 3.44. The SMILES string of the molecule is CC(C)NC(C#N)CCOc1ccc2c(c1)CCC2. The molecule has 1 atom stereocenters. The molecule has 0 heterocycles. The topological polar surface area (TPSA) is 45.0 Å². The van der Waals surface area contributed by atoms with Crippen LogP contribution in [-0.4, -0.2) is 18.7 Å². The van der Waals surface area contributed by atoms with Crippen LogP contribution in [0.2, 0.25) is 0 Å². The van der Waals surface area contributed by atoms with Crippen LogP contribution in [0.3, 0.4) is 0 Å². The third-order valence-corrected chi connectivity index (χ3v) is 3.44. The van der Waals surface area contributed by atoms with Crippen LogP contribution in [0.25, 0.3) is 0 Å². The van der Waals surface area contributed by atoms with Gasteiger partial charge in [0.05, 0.1) is 18.7 Å². The Balaban J connectivity index is 1.81. The second-order valence-electron chi connectivity index (χ2n) is 5.42. The van der Waals surface area contributed by atoms with Gasteiger partial charge in [0.25, 0.3) is 0 Å². The van der Waals surface area contributed by atoms with Crippen LogP contribution in [0.4, 0.5) is 0 Å². The van der Waals surface area contributed by atoms with E-state index in [0.29, 0.717) is 19.1 Å². The van der Waals surface area contributed by atoms with Gasteiger partial charge in [0.15, 0.2) is 0 Å². The Kier molecular flexibility index (Phi) is 4.81. The molecule has 0 fully saturated rings. The molecule has 1 aliphatic rings. The molecule has 0 bridgehead atoms.